The highest BCUT2D eigenvalue weighted by Crippen LogP contribution is 2.51. The van der Waals surface area contributed by atoms with Crippen LogP contribution < -0.4 is 4.90 Å². The maximum absolute atomic E-state index is 14.7. The van der Waals surface area contributed by atoms with E-state index < -0.39 is 35.1 Å². The van der Waals surface area contributed by atoms with Crippen LogP contribution in [0.1, 0.15) is 35.6 Å². The van der Waals surface area contributed by atoms with Crippen molar-refractivity contribution in [2.45, 2.75) is 24.9 Å². The molecule has 2 aliphatic heterocycles. The van der Waals surface area contributed by atoms with Crippen LogP contribution in [0.4, 0.5) is 8.78 Å². The fraction of sp³-hybridized carbons (Fsp3) is 0.227. The molecular formula is C22H16F2N3O+. The normalized spacial score (nSPS) is 26.6. The molecule has 28 heavy (non-hydrogen) atoms. The molecule has 0 radical (unpaired) electrons. The molecule has 1 fully saturated rings. The quantitative estimate of drug-likeness (QED) is 0.876. The van der Waals surface area contributed by atoms with E-state index in [9.17, 15) is 24.1 Å². The number of nitrogens with one attached hydrogen (secondary N) is 1. The third-order valence-electron chi connectivity index (χ3n) is 5.84. The summed E-state index contributed by atoms with van der Waals surface area (Å²) in [6.45, 7) is 1.38. The number of halogens is 2. The Morgan fingerprint density at radius 1 is 1.11 bits per heavy atom. The van der Waals surface area contributed by atoms with Crippen LogP contribution in [0.3, 0.4) is 0 Å². The summed E-state index contributed by atoms with van der Waals surface area (Å²) >= 11 is 0. The molecule has 1 N–H and O–H groups in total. The zero-order valence-corrected chi connectivity index (χ0v) is 15.0. The fourth-order valence-corrected chi connectivity index (χ4v) is 4.75. The van der Waals surface area contributed by atoms with E-state index in [1.807, 2.05) is 30.3 Å². The number of carbonyl (C=O) groups excluding carboxylic acids is 1. The van der Waals surface area contributed by atoms with E-state index in [0.29, 0.717) is 4.90 Å². The van der Waals surface area contributed by atoms with Gasteiger partial charge < -0.3 is 0 Å². The molecule has 4 atom stereocenters. The van der Waals surface area contributed by atoms with Gasteiger partial charge in [0.2, 0.25) is 5.41 Å². The first-order chi connectivity index (χ1) is 13.4. The number of hydrogen-bond acceptors (Lipinski definition) is 3. The molecule has 0 bridgehead atoms. The Labute approximate surface area is 160 Å². The molecule has 2 heterocycles. The van der Waals surface area contributed by atoms with Gasteiger partial charge in [0.15, 0.2) is 17.9 Å². The second-order valence-electron chi connectivity index (χ2n) is 7.22. The van der Waals surface area contributed by atoms with Crippen LogP contribution in [0.15, 0.2) is 48.7 Å². The van der Waals surface area contributed by atoms with Gasteiger partial charge in [-0.2, -0.15) is 10.5 Å². The van der Waals surface area contributed by atoms with Gasteiger partial charge in [-0.3, -0.25) is 9.69 Å². The van der Waals surface area contributed by atoms with Crippen molar-refractivity contribution in [3.63, 3.8) is 0 Å². The molecule has 2 aromatic carbocycles. The van der Waals surface area contributed by atoms with Crippen LogP contribution in [-0.2, 0) is 4.79 Å². The van der Waals surface area contributed by atoms with E-state index in [4.69, 9.17) is 0 Å². The molecule has 0 aromatic heterocycles. The molecule has 1 unspecified atom stereocenters. The van der Waals surface area contributed by atoms with Crippen LogP contribution in [0, 0.1) is 39.7 Å². The summed E-state index contributed by atoms with van der Waals surface area (Å²) in [4.78, 5) is 13.3. The Bertz CT molecular complexity index is 1080. The number of ketones is 1. The highest BCUT2D eigenvalue weighted by molar-refractivity contribution is 5.82. The number of nitriles is 2. The monoisotopic (exact) mass is 376 g/mol. The van der Waals surface area contributed by atoms with Gasteiger partial charge in [-0.15, -0.1) is 0 Å². The van der Waals surface area contributed by atoms with Gasteiger partial charge >= 0.3 is 0 Å². The fourth-order valence-electron chi connectivity index (χ4n) is 4.75. The van der Waals surface area contributed by atoms with E-state index in [1.54, 1.807) is 6.20 Å². The Morgan fingerprint density at radius 3 is 2.46 bits per heavy atom. The zero-order chi connectivity index (χ0) is 20.1. The van der Waals surface area contributed by atoms with Gasteiger partial charge in [0.05, 0.1) is 24.3 Å². The van der Waals surface area contributed by atoms with Crippen molar-refractivity contribution in [2.75, 3.05) is 0 Å². The highest BCUT2D eigenvalue weighted by Gasteiger charge is 2.67. The second kappa shape index (κ2) is 6.37. The summed E-state index contributed by atoms with van der Waals surface area (Å²) < 4.78 is 28.2. The van der Waals surface area contributed by atoms with E-state index in [-0.39, 0.29) is 11.3 Å². The second-order valence-corrected chi connectivity index (χ2v) is 7.22. The number of nitrogens with zero attached hydrogens (tertiary/aromatic N) is 2. The Balaban J connectivity index is 2.03. The topological polar surface area (TPSA) is 69.1 Å². The van der Waals surface area contributed by atoms with Gasteiger partial charge in [-0.05, 0) is 17.7 Å². The minimum absolute atomic E-state index is 0.0116. The minimum atomic E-state index is -1.69. The molecule has 0 aliphatic carbocycles. The largest absolute Gasteiger partial charge is 0.293 e. The molecule has 4 rings (SSSR count). The predicted molar refractivity (Wildman–Crippen MR) is 96.4 cm³/mol. The Morgan fingerprint density at radius 2 is 1.82 bits per heavy atom. The van der Waals surface area contributed by atoms with Crippen LogP contribution in [0.5, 0.6) is 0 Å². The molecule has 0 spiro atoms. The molecule has 138 valence electrons. The lowest BCUT2D eigenvalue weighted by Crippen LogP contribution is -3.11. The van der Waals surface area contributed by atoms with Crippen LogP contribution >= 0.6 is 0 Å². The molecule has 0 saturated carbocycles. The zero-order valence-electron chi connectivity index (χ0n) is 15.0. The lowest BCUT2D eigenvalue weighted by Gasteiger charge is -2.29. The van der Waals surface area contributed by atoms with E-state index in [2.05, 4.69) is 12.1 Å². The summed E-state index contributed by atoms with van der Waals surface area (Å²) in [7, 11) is 0. The number of carbonyl (C=O) groups is 1. The Hall–Kier alpha value is -3.35. The minimum Gasteiger partial charge on any atom is -0.293 e. The molecule has 4 nitrogen and oxygen atoms in total. The first-order valence-electron chi connectivity index (χ1n) is 8.86. The van der Waals surface area contributed by atoms with E-state index >= 15 is 0 Å². The highest BCUT2D eigenvalue weighted by atomic mass is 19.1. The van der Waals surface area contributed by atoms with Gasteiger partial charge in [0, 0.05) is 24.1 Å². The van der Waals surface area contributed by atoms with Crippen molar-refractivity contribution in [3.05, 3.63) is 77.0 Å². The van der Waals surface area contributed by atoms with Gasteiger partial charge in [-0.25, -0.2) is 8.78 Å². The number of benzene rings is 2. The summed E-state index contributed by atoms with van der Waals surface area (Å²) in [6.07, 6.45) is 3.62. The van der Waals surface area contributed by atoms with Crippen molar-refractivity contribution >= 4 is 11.9 Å². The molecule has 1 saturated heterocycles. The smallest absolute Gasteiger partial charge is 0.212 e. The van der Waals surface area contributed by atoms with E-state index in [1.165, 1.54) is 13.0 Å². The maximum Gasteiger partial charge on any atom is 0.212 e. The Kier molecular flexibility index (Phi) is 4.10. The lowest BCUT2D eigenvalue weighted by molar-refractivity contribution is -0.885. The number of rotatable bonds is 2. The third-order valence-corrected chi connectivity index (χ3v) is 5.84. The molecule has 2 aliphatic rings. The van der Waals surface area contributed by atoms with Crippen LogP contribution in [0.2, 0.25) is 0 Å². The summed E-state index contributed by atoms with van der Waals surface area (Å²) in [6, 6.07) is 13.1. The first-order valence-corrected chi connectivity index (χ1v) is 8.86. The van der Waals surface area contributed by atoms with Gasteiger partial charge in [0.25, 0.3) is 0 Å². The van der Waals surface area contributed by atoms with Crippen molar-refractivity contribution in [3.8, 4) is 12.1 Å². The SMILES string of the molecule is CC(=O)[C@@H]1[C@H](c2ccc(F)cc2F)C(C#N)(C#N)[C@H]2c3ccccc3C=C[NH+]12. The average Bonchev–Trinajstić information content (AvgIpc) is 2.99. The van der Waals surface area contributed by atoms with Crippen molar-refractivity contribution in [1.29, 1.82) is 10.5 Å². The first kappa shape index (κ1) is 18.0. The van der Waals surface area contributed by atoms with Gasteiger partial charge in [0.1, 0.15) is 11.6 Å². The number of Topliss-reactive ketones (excluding diaryl/α,β-unsaturated/α-hetero) is 1. The molecule has 2 aromatic rings. The van der Waals surface area contributed by atoms with Crippen molar-refractivity contribution in [1.82, 2.24) is 0 Å². The lowest BCUT2D eigenvalue weighted by atomic mass is 9.67. The molecule has 6 heteroatoms. The number of hydrogen-bond donors (Lipinski definition) is 1. The summed E-state index contributed by atoms with van der Waals surface area (Å²) in [5, 5.41) is 20.3. The van der Waals surface area contributed by atoms with Crippen LogP contribution in [0.25, 0.3) is 6.08 Å². The predicted octanol–water partition coefficient (Wildman–Crippen LogP) is 2.66. The van der Waals surface area contributed by atoms with Crippen molar-refractivity contribution in [2.24, 2.45) is 5.41 Å². The molecular weight excluding hydrogens is 360 g/mol. The number of quaternary nitrogens is 1. The van der Waals surface area contributed by atoms with Gasteiger partial charge in [-0.1, -0.05) is 30.3 Å². The maximum atomic E-state index is 14.7. The summed E-state index contributed by atoms with van der Waals surface area (Å²) in [5.74, 6) is -2.90. The molecule has 0 amide bonds. The standard InChI is InChI=1S/C22H15F2N3O/c1-13(28)20-19(17-7-6-15(23)10-18(17)24)22(11-25,12-26)21-16-5-3-2-4-14(16)8-9-27(20)21/h2-10,19-21H,1H3/p+1/t19-,20+,21+/m0/s1. The van der Waals surface area contributed by atoms with Crippen LogP contribution in [-0.4, -0.2) is 11.8 Å². The van der Waals surface area contributed by atoms with E-state index in [0.717, 1.165) is 23.3 Å². The number of fused-ring (bicyclic) bond motifs is 3. The summed E-state index contributed by atoms with van der Waals surface area (Å²) in [5.41, 5.74) is -0.0592. The van der Waals surface area contributed by atoms with Crippen molar-refractivity contribution < 1.29 is 18.5 Å². The average molecular weight is 376 g/mol. The third kappa shape index (κ3) is 2.32.